The molecule has 4 rings (SSSR count). The molecule has 0 radical (unpaired) electrons. The van der Waals surface area contributed by atoms with E-state index in [2.05, 4.69) is 0 Å². The number of hydrogen-bond acceptors (Lipinski definition) is 6. The zero-order chi connectivity index (χ0) is 28.2. The number of fused-ring (bicyclic) bond motifs is 1. The Kier molecular flexibility index (Phi) is 8.62. The number of esters is 1. The van der Waals surface area contributed by atoms with E-state index in [1.54, 1.807) is 55.0 Å². The molecule has 200 valence electrons. The van der Waals surface area contributed by atoms with Gasteiger partial charge in [0, 0.05) is 41.0 Å². The highest BCUT2D eigenvalue weighted by molar-refractivity contribution is 7.75. The Morgan fingerprint density at radius 3 is 2.49 bits per heavy atom. The number of allylic oxidation sites excluding steroid dienone is 1. The van der Waals surface area contributed by atoms with E-state index in [-0.39, 0.29) is 17.6 Å². The first-order valence-electron chi connectivity index (χ1n) is 12.2. The third-order valence-electron chi connectivity index (χ3n) is 6.29. The Morgan fingerprint density at radius 1 is 1.10 bits per heavy atom. The van der Waals surface area contributed by atoms with E-state index in [0.29, 0.717) is 39.1 Å². The molecule has 1 aromatic heterocycles. The Hall–Kier alpha value is -3.82. The summed E-state index contributed by atoms with van der Waals surface area (Å²) in [6.45, 7) is 4.01. The molecule has 0 aliphatic carbocycles. The normalized spacial score (nSPS) is 12.8. The van der Waals surface area contributed by atoms with Crippen LogP contribution in [0.1, 0.15) is 34.1 Å². The van der Waals surface area contributed by atoms with Crippen LogP contribution in [0.2, 0.25) is 5.02 Å². The number of ether oxygens (including phenoxy) is 2. The van der Waals surface area contributed by atoms with Crippen molar-refractivity contribution in [1.82, 2.24) is 4.57 Å². The largest absolute Gasteiger partial charge is 0.497 e. The van der Waals surface area contributed by atoms with E-state index in [4.69, 9.17) is 30.9 Å². The molecule has 3 aromatic carbocycles. The number of carbonyl (C=O) groups is 1. The second-order valence-corrected chi connectivity index (χ2v) is 11.7. The van der Waals surface area contributed by atoms with Gasteiger partial charge in [0.2, 0.25) is 0 Å². The quantitative estimate of drug-likeness (QED) is 0.136. The first-order chi connectivity index (χ1) is 18.7. The second-order valence-electron chi connectivity index (χ2n) is 8.81. The predicted octanol–water partition coefficient (Wildman–Crippen LogP) is 6.25. The van der Waals surface area contributed by atoms with Crippen LogP contribution < -0.4 is 15.3 Å². The van der Waals surface area contributed by atoms with E-state index < -0.39 is 13.3 Å². The predicted molar refractivity (Wildman–Crippen MR) is 155 cm³/mol. The molecule has 9 heteroatoms. The zero-order valence-corrected chi connectivity index (χ0v) is 23.8. The summed E-state index contributed by atoms with van der Waals surface area (Å²) in [4.78, 5) is 13.6. The van der Waals surface area contributed by atoms with Crippen LogP contribution in [0.25, 0.3) is 17.0 Å². The van der Waals surface area contributed by atoms with Gasteiger partial charge in [-0.25, -0.2) is 4.79 Å². The molecule has 0 saturated heterocycles. The molecular formula is C30H28ClN2O5P. The Bertz CT molecular complexity index is 1650. The molecule has 0 amide bonds. The highest BCUT2D eigenvalue weighted by Gasteiger charge is 2.38. The van der Waals surface area contributed by atoms with Crippen LogP contribution >= 0.6 is 19.0 Å². The molecule has 4 aromatic rings. The lowest BCUT2D eigenvalue weighted by atomic mass is 10.1. The fourth-order valence-electron chi connectivity index (χ4n) is 4.61. The number of methoxy groups -OCH3 is 1. The van der Waals surface area contributed by atoms with Crippen molar-refractivity contribution in [1.29, 1.82) is 5.26 Å². The minimum Gasteiger partial charge on any atom is -0.497 e. The summed E-state index contributed by atoms with van der Waals surface area (Å²) < 4.78 is 33.4. The summed E-state index contributed by atoms with van der Waals surface area (Å²) in [6, 6.07) is 20.0. The van der Waals surface area contributed by atoms with Gasteiger partial charge in [-0.3, -0.25) is 4.57 Å². The summed E-state index contributed by atoms with van der Waals surface area (Å²) >= 11 is 6.42. The lowest BCUT2D eigenvalue weighted by Crippen LogP contribution is -2.26. The molecule has 0 fully saturated rings. The minimum atomic E-state index is -3.89. The van der Waals surface area contributed by atoms with Crippen LogP contribution in [0, 0.1) is 18.3 Å². The van der Waals surface area contributed by atoms with Crippen molar-refractivity contribution in [2.75, 3.05) is 20.8 Å². The molecule has 1 unspecified atom stereocenters. The maximum absolute atomic E-state index is 15.0. The van der Waals surface area contributed by atoms with E-state index in [1.165, 1.54) is 13.2 Å². The highest BCUT2D eigenvalue weighted by atomic mass is 35.5. The second kappa shape index (κ2) is 11.9. The van der Waals surface area contributed by atoms with Crippen molar-refractivity contribution in [2.45, 2.75) is 20.4 Å². The average molecular weight is 563 g/mol. The van der Waals surface area contributed by atoms with Gasteiger partial charge in [-0.2, -0.15) is 5.26 Å². The molecule has 0 saturated carbocycles. The summed E-state index contributed by atoms with van der Waals surface area (Å²) in [5.41, 5.74) is 3.18. The number of hydrogen-bond donors (Lipinski definition) is 0. The lowest BCUT2D eigenvalue weighted by molar-refractivity contribution is 0.0516. The number of aromatic nitrogens is 1. The third-order valence-corrected chi connectivity index (χ3v) is 9.02. The van der Waals surface area contributed by atoms with Crippen LogP contribution in [0.4, 0.5) is 0 Å². The number of benzene rings is 3. The van der Waals surface area contributed by atoms with E-state index in [9.17, 15) is 9.36 Å². The number of carbonyl (C=O) groups excluding carboxylic acids is 1. The molecule has 0 aliphatic rings. The fraction of sp³-hybridized carbons (Fsp3) is 0.200. The van der Waals surface area contributed by atoms with Gasteiger partial charge in [-0.05, 0) is 79.1 Å². The van der Waals surface area contributed by atoms with Crippen LogP contribution in [0.3, 0.4) is 0 Å². The van der Waals surface area contributed by atoms with Gasteiger partial charge in [0.05, 0.1) is 25.1 Å². The SMILES string of the molecule is CCOC(=O)c1c(P(=O)(OC)c2cc(C)cc(/C=C/C#N)c2)c2cc(Cl)ccc2n1Cc1ccc(OC)cc1. The Balaban J connectivity index is 2.06. The topological polar surface area (TPSA) is 90.6 Å². The lowest BCUT2D eigenvalue weighted by Gasteiger charge is -2.20. The molecule has 7 nitrogen and oxygen atoms in total. The smallest absolute Gasteiger partial charge is 0.355 e. The van der Waals surface area contributed by atoms with Crippen LogP contribution in [-0.2, 0) is 20.4 Å². The first kappa shape index (κ1) is 28.2. The van der Waals surface area contributed by atoms with Gasteiger partial charge >= 0.3 is 5.97 Å². The summed E-state index contributed by atoms with van der Waals surface area (Å²) in [5.74, 6) is 0.0849. The maximum Gasteiger partial charge on any atom is 0.355 e. The van der Waals surface area contributed by atoms with Crippen molar-refractivity contribution in [3.8, 4) is 11.8 Å². The average Bonchev–Trinajstić information content (AvgIpc) is 3.25. The molecule has 39 heavy (non-hydrogen) atoms. The van der Waals surface area contributed by atoms with Crippen molar-refractivity contribution in [3.05, 3.63) is 94.1 Å². The summed E-state index contributed by atoms with van der Waals surface area (Å²) in [7, 11) is -0.928. The number of nitriles is 1. The van der Waals surface area contributed by atoms with Gasteiger partial charge in [-0.1, -0.05) is 29.8 Å². The van der Waals surface area contributed by atoms with Crippen molar-refractivity contribution in [2.24, 2.45) is 0 Å². The molecule has 0 bridgehead atoms. The van der Waals surface area contributed by atoms with Gasteiger partial charge in [0.1, 0.15) is 11.4 Å². The fourth-order valence-corrected chi connectivity index (χ4v) is 7.11. The number of halogens is 1. The summed E-state index contributed by atoms with van der Waals surface area (Å²) in [5, 5.41) is 10.6. The van der Waals surface area contributed by atoms with Gasteiger partial charge < -0.3 is 18.6 Å². The Morgan fingerprint density at radius 2 is 1.85 bits per heavy atom. The highest BCUT2D eigenvalue weighted by Crippen LogP contribution is 2.48. The molecule has 0 aliphatic heterocycles. The standard InChI is InChI=1S/C30H28ClN2O5P/c1-5-38-30(34)28-29(39(35,37-4)25-16-20(2)15-22(17-25)7-6-14-32)26-18-23(31)10-13-27(26)33(28)19-21-8-11-24(36-3)12-9-21/h6-13,15-18H,5,19H2,1-4H3/b7-6+. The zero-order valence-electron chi connectivity index (χ0n) is 22.1. The van der Waals surface area contributed by atoms with Gasteiger partial charge in [0.15, 0.2) is 0 Å². The molecule has 0 spiro atoms. The molecular weight excluding hydrogens is 535 g/mol. The van der Waals surface area contributed by atoms with Crippen molar-refractivity contribution in [3.63, 3.8) is 0 Å². The monoisotopic (exact) mass is 562 g/mol. The van der Waals surface area contributed by atoms with E-state index in [0.717, 1.165) is 11.1 Å². The van der Waals surface area contributed by atoms with Crippen LogP contribution in [-0.4, -0.2) is 31.4 Å². The molecule has 0 N–H and O–H groups in total. The van der Waals surface area contributed by atoms with Crippen LogP contribution in [0.5, 0.6) is 5.75 Å². The first-order valence-corrected chi connectivity index (χ1v) is 14.2. The van der Waals surface area contributed by atoms with E-state index >= 15 is 0 Å². The van der Waals surface area contributed by atoms with Gasteiger partial charge in [-0.15, -0.1) is 0 Å². The van der Waals surface area contributed by atoms with E-state index in [1.807, 2.05) is 43.3 Å². The van der Waals surface area contributed by atoms with Crippen molar-refractivity contribution < 1.29 is 23.4 Å². The minimum absolute atomic E-state index is 0.130. The molecule has 1 heterocycles. The number of nitrogens with zero attached hydrogens (tertiary/aromatic N) is 2. The summed E-state index contributed by atoms with van der Waals surface area (Å²) in [6.07, 6.45) is 2.98. The Labute approximate surface area is 232 Å². The number of rotatable bonds is 9. The van der Waals surface area contributed by atoms with Crippen LogP contribution in [0.15, 0.2) is 66.7 Å². The third kappa shape index (κ3) is 5.65. The maximum atomic E-state index is 15.0. The molecule has 1 atom stereocenters. The number of aryl methyl sites for hydroxylation is 1. The van der Waals surface area contributed by atoms with Gasteiger partial charge in [0.25, 0.3) is 7.37 Å². The van der Waals surface area contributed by atoms with Crippen molar-refractivity contribution >= 4 is 52.5 Å².